The number of rotatable bonds is 6. The van der Waals surface area contributed by atoms with Crippen molar-refractivity contribution < 1.29 is 9.47 Å². The molecule has 1 aliphatic carbocycles. The molecule has 2 rings (SSSR count). The maximum atomic E-state index is 5.61. The molecule has 0 radical (unpaired) electrons. The first-order valence-corrected chi connectivity index (χ1v) is 6.60. The minimum atomic E-state index is -0.0616. The summed E-state index contributed by atoms with van der Waals surface area (Å²) in [6, 6.07) is 0.609. The summed E-state index contributed by atoms with van der Waals surface area (Å²) in [6.07, 6.45) is 6.65. The summed E-state index contributed by atoms with van der Waals surface area (Å²) in [6.45, 7) is 4.80. The zero-order valence-corrected chi connectivity index (χ0v) is 10.6. The molecule has 1 saturated carbocycles. The van der Waals surface area contributed by atoms with Crippen LogP contribution in [-0.2, 0) is 9.47 Å². The number of hydrogen-bond donors (Lipinski definition) is 1. The highest BCUT2D eigenvalue weighted by atomic mass is 16.5. The molecule has 2 atom stereocenters. The largest absolute Gasteiger partial charge is 0.378 e. The van der Waals surface area contributed by atoms with Crippen LogP contribution in [0.4, 0.5) is 0 Å². The molecule has 2 fully saturated rings. The fourth-order valence-corrected chi connectivity index (χ4v) is 2.63. The van der Waals surface area contributed by atoms with Crippen molar-refractivity contribution in [3.63, 3.8) is 0 Å². The third kappa shape index (κ3) is 2.96. The Kier molecular flexibility index (Phi) is 4.22. The first-order chi connectivity index (χ1) is 7.74. The van der Waals surface area contributed by atoms with Gasteiger partial charge in [0.2, 0.25) is 0 Å². The molecule has 3 nitrogen and oxygen atoms in total. The maximum Gasteiger partial charge on any atom is 0.106 e. The molecule has 0 aromatic rings. The van der Waals surface area contributed by atoms with Gasteiger partial charge in [-0.25, -0.2) is 0 Å². The van der Waals surface area contributed by atoms with Gasteiger partial charge in [0, 0.05) is 32.7 Å². The second-order valence-electron chi connectivity index (χ2n) is 5.50. The molecule has 0 amide bonds. The Hall–Kier alpha value is -0.120. The van der Waals surface area contributed by atoms with E-state index in [2.05, 4.69) is 12.2 Å². The van der Waals surface area contributed by atoms with Crippen molar-refractivity contribution in [2.45, 2.75) is 50.7 Å². The van der Waals surface area contributed by atoms with Crippen LogP contribution in [0.25, 0.3) is 0 Å². The van der Waals surface area contributed by atoms with E-state index >= 15 is 0 Å². The van der Waals surface area contributed by atoms with Gasteiger partial charge in [-0.1, -0.05) is 19.3 Å². The average molecular weight is 227 g/mol. The van der Waals surface area contributed by atoms with Gasteiger partial charge in [0.1, 0.15) is 5.60 Å². The molecule has 2 aliphatic rings. The second kappa shape index (κ2) is 5.48. The van der Waals surface area contributed by atoms with Gasteiger partial charge in [-0.15, -0.1) is 0 Å². The average Bonchev–Trinajstić information content (AvgIpc) is 2.70. The van der Waals surface area contributed by atoms with E-state index in [4.69, 9.17) is 9.47 Å². The Bertz CT molecular complexity index is 210. The van der Waals surface area contributed by atoms with Crippen LogP contribution in [0, 0.1) is 5.92 Å². The van der Waals surface area contributed by atoms with Crippen LogP contribution in [0.15, 0.2) is 0 Å². The van der Waals surface area contributed by atoms with Gasteiger partial charge in [-0.05, 0) is 19.3 Å². The molecule has 3 heteroatoms. The van der Waals surface area contributed by atoms with E-state index in [0.717, 1.165) is 32.1 Å². The summed E-state index contributed by atoms with van der Waals surface area (Å²) in [5.41, 5.74) is -0.0616. The second-order valence-corrected chi connectivity index (χ2v) is 5.50. The van der Waals surface area contributed by atoms with Crippen molar-refractivity contribution in [2.24, 2.45) is 5.92 Å². The van der Waals surface area contributed by atoms with Gasteiger partial charge in [-0.2, -0.15) is 0 Å². The highest BCUT2D eigenvalue weighted by molar-refractivity contribution is 4.88. The van der Waals surface area contributed by atoms with Gasteiger partial charge < -0.3 is 14.8 Å². The lowest BCUT2D eigenvalue weighted by atomic mass is 9.81. The standard InChI is InChI=1S/C13H25NO2/c1-11(8-12-4-3-5-12)14-9-13(15-2)6-7-16-10-13/h11-12,14H,3-10H2,1-2H3. The molecule has 1 heterocycles. The quantitative estimate of drug-likeness (QED) is 0.752. The number of ether oxygens (including phenoxy) is 2. The van der Waals surface area contributed by atoms with Crippen LogP contribution < -0.4 is 5.32 Å². The molecule has 0 bridgehead atoms. The number of hydrogen-bond acceptors (Lipinski definition) is 3. The predicted octanol–water partition coefficient (Wildman–Crippen LogP) is 1.96. The lowest BCUT2D eigenvalue weighted by Crippen LogP contribution is -2.46. The molecule has 1 aliphatic heterocycles. The molecule has 1 N–H and O–H groups in total. The van der Waals surface area contributed by atoms with Crippen LogP contribution in [0.5, 0.6) is 0 Å². The van der Waals surface area contributed by atoms with Crippen LogP contribution in [0.3, 0.4) is 0 Å². The molecular weight excluding hydrogens is 202 g/mol. The van der Waals surface area contributed by atoms with E-state index < -0.39 is 0 Å². The van der Waals surface area contributed by atoms with E-state index in [-0.39, 0.29) is 5.60 Å². The van der Waals surface area contributed by atoms with Crippen molar-refractivity contribution in [2.75, 3.05) is 26.9 Å². The van der Waals surface area contributed by atoms with Crippen LogP contribution in [0.1, 0.15) is 39.0 Å². The molecular formula is C13H25NO2. The Labute approximate surface area is 98.9 Å². The lowest BCUT2D eigenvalue weighted by molar-refractivity contribution is -0.0177. The monoisotopic (exact) mass is 227 g/mol. The molecule has 94 valence electrons. The van der Waals surface area contributed by atoms with Gasteiger partial charge in [0.05, 0.1) is 6.61 Å². The first-order valence-electron chi connectivity index (χ1n) is 6.60. The summed E-state index contributed by atoms with van der Waals surface area (Å²) in [4.78, 5) is 0. The molecule has 2 unspecified atom stereocenters. The van der Waals surface area contributed by atoms with Gasteiger partial charge >= 0.3 is 0 Å². The van der Waals surface area contributed by atoms with Crippen LogP contribution in [-0.4, -0.2) is 38.5 Å². The zero-order chi connectivity index (χ0) is 11.4. The van der Waals surface area contributed by atoms with Crippen LogP contribution in [0.2, 0.25) is 0 Å². The zero-order valence-electron chi connectivity index (χ0n) is 10.6. The molecule has 0 spiro atoms. The summed E-state index contributed by atoms with van der Waals surface area (Å²) < 4.78 is 11.0. The van der Waals surface area contributed by atoms with Gasteiger partial charge in [0.25, 0.3) is 0 Å². The summed E-state index contributed by atoms with van der Waals surface area (Å²) in [7, 11) is 1.80. The fraction of sp³-hybridized carbons (Fsp3) is 1.00. The lowest BCUT2D eigenvalue weighted by Gasteiger charge is -2.31. The normalized spacial score (nSPS) is 32.6. The molecule has 1 saturated heterocycles. The highest BCUT2D eigenvalue weighted by Gasteiger charge is 2.35. The van der Waals surface area contributed by atoms with Crippen molar-refractivity contribution in [1.29, 1.82) is 0 Å². The SMILES string of the molecule is COC1(CNC(C)CC2CCC2)CCOC1. The topological polar surface area (TPSA) is 30.5 Å². The van der Waals surface area contributed by atoms with Crippen molar-refractivity contribution >= 4 is 0 Å². The predicted molar refractivity (Wildman–Crippen MR) is 64.6 cm³/mol. The third-order valence-corrected chi connectivity index (χ3v) is 4.18. The number of nitrogens with one attached hydrogen (secondary N) is 1. The molecule has 0 aromatic carbocycles. The van der Waals surface area contributed by atoms with E-state index in [1.54, 1.807) is 7.11 Å². The van der Waals surface area contributed by atoms with Crippen molar-refractivity contribution in [3.8, 4) is 0 Å². The Balaban J connectivity index is 1.68. The van der Waals surface area contributed by atoms with E-state index in [0.29, 0.717) is 6.04 Å². The van der Waals surface area contributed by atoms with Gasteiger partial charge in [0.15, 0.2) is 0 Å². The van der Waals surface area contributed by atoms with E-state index in [9.17, 15) is 0 Å². The summed E-state index contributed by atoms with van der Waals surface area (Å²) in [5, 5.41) is 3.61. The van der Waals surface area contributed by atoms with E-state index in [1.165, 1.54) is 25.7 Å². The van der Waals surface area contributed by atoms with Gasteiger partial charge in [-0.3, -0.25) is 0 Å². The summed E-state index contributed by atoms with van der Waals surface area (Å²) in [5.74, 6) is 0.973. The smallest absolute Gasteiger partial charge is 0.106 e. The highest BCUT2D eigenvalue weighted by Crippen LogP contribution is 2.30. The first kappa shape index (κ1) is 12.3. The van der Waals surface area contributed by atoms with Crippen molar-refractivity contribution in [1.82, 2.24) is 5.32 Å². The molecule has 16 heavy (non-hydrogen) atoms. The minimum Gasteiger partial charge on any atom is -0.378 e. The summed E-state index contributed by atoms with van der Waals surface area (Å²) >= 11 is 0. The number of methoxy groups -OCH3 is 1. The van der Waals surface area contributed by atoms with E-state index in [1.807, 2.05) is 0 Å². The Morgan fingerprint density at radius 1 is 1.50 bits per heavy atom. The minimum absolute atomic E-state index is 0.0616. The Morgan fingerprint density at radius 3 is 2.81 bits per heavy atom. The molecule has 0 aromatic heterocycles. The van der Waals surface area contributed by atoms with Crippen molar-refractivity contribution in [3.05, 3.63) is 0 Å². The third-order valence-electron chi connectivity index (χ3n) is 4.18. The van der Waals surface area contributed by atoms with Crippen LogP contribution >= 0.6 is 0 Å². The Morgan fingerprint density at radius 2 is 2.31 bits per heavy atom. The maximum absolute atomic E-state index is 5.61. The fourth-order valence-electron chi connectivity index (χ4n) is 2.63.